The van der Waals surface area contributed by atoms with Gasteiger partial charge in [0.2, 0.25) is 5.91 Å². The third kappa shape index (κ3) is 4.16. The molecule has 7 heteroatoms. The van der Waals surface area contributed by atoms with Crippen molar-refractivity contribution in [3.63, 3.8) is 0 Å². The van der Waals surface area contributed by atoms with Crippen LogP contribution in [0.5, 0.6) is 5.75 Å². The number of benzene rings is 1. The van der Waals surface area contributed by atoms with Gasteiger partial charge in [0.1, 0.15) is 11.3 Å². The first-order valence-corrected chi connectivity index (χ1v) is 10.5. The fourth-order valence-electron chi connectivity index (χ4n) is 4.29. The minimum Gasteiger partial charge on any atom is -0.477 e. The molecule has 0 radical (unpaired) electrons. The number of para-hydroxylation sites is 2. The molecule has 2 aliphatic heterocycles. The number of likely N-dealkylation sites (tertiary alicyclic amines) is 1. The number of nitrogens with zero attached hydrogens (tertiary/aromatic N) is 3. The Balaban J connectivity index is 1.48. The van der Waals surface area contributed by atoms with Gasteiger partial charge in [-0.1, -0.05) is 12.1 Å². The van der Waals surface area contributed by atoms with Crippen LogP contribution in [0.3, 0.4) is 0 Å². The number of carbonyl (C=O) groups is 2. The third-order valence-electron chi connectivity index (χ3n) is 6.16. The molecule has 2 atom stereocenters. The molecule has 0 spiro atoms. The number of hydrogen-bond donors (Lipinski definition) is 1. The maximum Gasteiger partial charge on any atom is 0.265 e. The molecule has 4 rings (SSSR count). The lowest BCUT2D eigenvalue weighted by molar-refractivity contribution is -0.139. The molecule has 154 valence electrons. The third-order valence-corrected chi connectivity index (χ3v) is 6.16. The predicted octanol–water partition coefficient (Wildman–Crippen LogP) is 2.07. The predicted molar refractivity (Wildman–Crippen MR) is 108 cm³/mol. The summed E-state index contributed by atoms with van der Waals surface area (Å²) in [4.78, 5) is 29.5. The normalized spacial score (nSPS) is 23.2. The molecule has 29 heavy (non-hydrogen) atoms. The number of anilines is 1. The monoisotopic (exact) mass is 396 g/mol. The van der Waals surface area contributed by atoms with Crippen molar-refractivity contribution >= 4 is 17.5 Å². The maximum absolute atomic E-state index is 13.0. The number of nitrogens with one attached hydrogen (secondary N) is 1. The molecule has 1 saturated heterocycles. The summed E-state index contributed by atoms with van der Waals surface area (Å²) in [6, 6.07) is 9.75. The largest absolute Gasteiger partial charge is 0.477 e. The van der Waals surface area contributed by atoms with Crippen molar-refractivity contribution in [1.29, 1.82) is 5.26 Å². The Hall–Kier alpha value is -2.75. The molecule has 0 bridgehead atoms. The first-order valence-electron chi connectivity index (χ1n) is 10.5. The summed E-state index contributed by atoms with van der Waals surface area (Å²) >= 11 is 0. The topological polar surface area (TPSA) is 85.7 Å². The molecule has 1 aliphatic carbocycles. The maximum atomic E-state index is 13.0. The van der Waals surface area contributed by atoms with Crippen LogP contribution in [0.25, 0.3) is 0 Å². The molecule has 7 nitrogen and oxygen atoms in total. The molecule has 1 aromatic rings. The number of piperidine rings is 1. The van der Waals surface area contributed by atoms with Crippen molar-refractivity contribution in [3.05, 3.63) is 24.3 Å². The van der Waals surface area contributed by atoms with Gasteiger partial charge in [0.15, 0.2) is 6.10 Å². The Labute approximate surface area is 171 Å². The van der Waals surface area contributed by atoms with E-state index in [1.54, 1.807) is 6.92 Å². The number of hydrogen-bond acceptors (Lipinski definition) is 5. The van der Waals surface area contributed by atoms with E-state index >= 15 is 0 Å². The SMILES string of the molecule is C[C@@](C#N)(NC(=O)CN1C[C@H](C(=O)N2CCCCC2)Oc2ccccc21)C1CC1. The summed E-state index contributed by atoms with van der Waals surface area (Å²) < 4.78 is 6.01. The number of carbonyl (C=O) groups excluding carboxylic acids is 2. The lowest BCUT2D eigenvalue weighted by Crippen LogP contribution is -2.55. The van der Waals surface area contributed by atoms with Crippen LogP contribution in [0.4, 0.5) is 5.69 Å². The highest BCUT2D eigenvalue weighted by molar-refractivity contribution is 5.86. The first-order chi connectivity index (χ1) is 14.0. The first kappa shape index (κ1) is 19.6. The summed E-state index contributed by atoms with van der Waals surface area (Å²) in [6.07, 6.45) is 4.52. The van der Waals surface area contributed by atoms with Gasteiger partial charge in [-0.2, -0.15) is 5.26 Å². The quantitative estimate of drug-likeness (QED) is 0.824. The van der Waals surface area contributed by atoms with Gasteiger partial charge in [-0.3, -0.25) is 9.59 Å². The Morgan fingerprint density at radius 2 is 1.97 bits per heavy atom. The number of rotatable bonds is 5. The van der Waals surface area contributed by atoms with Crippen LogP contribution < -0.4 is 15.0 Å². The van der Waals surface area contributed by atoms with E-state index in [0.29, 0.717) is 12.3 Å². The van der Waals surface area contributed by atoms with E-state index in [1.807, 2.05) is 34.1 Å². The minimum atomic E-state index is -0.827. The Morgan fingerprint density at radius 3 is 2.66 bits per heavy atom. The molecule has 1 N–H and O–H groups in total. The Bertz CT molecular complexity index is 826. The van der Waals surface area contributed by atoms with Crippen LogP contribution in [-0.4, -0.2) is 54.5 Å². The highest BCUT2D eigenvalue weighted by Gasteiger charge is 2.43. The average Bonchev–Trinajstić information content (AvgIpc) is 3.59. The van der Waals surface area contributed by atoms with E-state index in [4.69, 9.17) is 4.74 Å². The summed E-state index contributed by atoms with van der Waals surface area (Å²) in [5, 5.41) is 12.4. The molecule has 3 aliphatic rings. The summed E-state index contributed by atoms with van der Waals surface area (Å²) in [5.41, 5.74) is -0.0261. The lowest BCUT2D eigenvalue weighted by atomic mass is 9.98. The van der Waals surface area contributed by atoms with Gasteiger partial charge in [-0.15, -0.1) is 0 Å². The fraction of sp³-hybridized carbons (Fsp3) is 0.591. The Kier molecular flexibility index (Phi) is 5.35. The highest BCUT2D eigenvalue weighted by Crippen LogP contribution is 2.39. The number of ether oxygens (including phenoxy) is 1. The van der Waals surface area contributed by atoms with Gasteiger partial charge in [0.25, 0.3) is 5.91 Å². The van der Waals surface area contributed by atoms with Crippen molar-refractivity contribution in [1.82, 2.24) is 10.2 Å². The van der Waals surface area contributed by atoms with Crippen molar-refractivity contribution in [2.24, 2.45) is 5.92 Å². The van der Waals surface area contributed by atoms with Crippen molar-refractivity contribution in [2.75, 3.05) is 31.1 Å². The van der Waals surface area contributed by atoms with Crippen molar-refractivity contribution in [2.45, 2.75) is 50.7 Å². The lowest BCUT2D eigenvalue weighted by Gasteiger charge is -2.38. The van der Waals surface area contributed by atoms with Gasteiger partial charge in [0.05, 0.1) is 24.8 Å². The van der Waals surface area contributed by atoms with E-state index in [1.165, 1.54) is 0 Å². The average molecular weight is 396 g/mol. The van der Waals surface area contributed by atoms with E-state index in [-0.39, 0.29) is 24.3 Å². The van der Waals surface area contributed by atoms with Gasteiger partial charge in [-0.25, -0.2) is 0 Å². The second-order valence-electron chi connectivity index (χ2n) is 8.48. The van der Waals surface area contributed by atoms with Gasteiger partial charge >= 0.3 is 0 Å². The highest BCUT2D eigenvalue weighted by atomic mass is 16.5. The number of fused-ring (bicyclic) bond motifs is 1. The van der Waals surface area contributed by atoms with Crippen LogP contribution in [0.1, 0.15) is 39.0 Å². The van der Waals surface area contributed by atoms with Crippen LogP contribution in [0, 0.1) is 17.2 Å². The molecule has 0 aromatic heterocycles. The van der Waals surface area contributed by atoms with Gasteiger partial charge in [-0.05, 0) is 57.1 Å². The van der Waals surface area contributed by atoms with Gasteiger partial charge < -0.3 is 19.9 Å². The number of nitriles is 1. The number of amides is 2. The second-order valence-corrected chi connectivity index (χ2v) is 8.48. The fourth-order valence-corrected chi connectivity index (χ4v) is 4.29. The van der Waals surface area contributed by atoms with E-state index < -0.39 is 11.6 Å². The zero-order valence-corrected chi connectivity index (χ0v) is 16.9. The van der Waals surface area contributed by atoms with Crippen molar-refractivity contribution in [3.8, 4) is 11.8 Å². The summed E-state index contributed by atoms with van der Waals surface area (Å²) in [6.45, 7) is 3.74. The Morgan fingerprint density at radius 1 is 1.24 bits per heavy atom. The molecular weight excluding hydrogens is 368 g/mol. The smallest absolute Gasteiger partial charge is 0.265 e. The van der Waals surface area contributed by atoms with E-state index in [0.717, 1.165) is 50.9 Å². The van der Waals surface area contributed by atoms with E-state index in [9.17, 15) is 14.9 Å². The molecule has 1 aromatic carbocycles. The molecule has 2 fully saturated rings. The molecule has 2 heterocycles. The summed E-state index contributed by atoms with van der Waals surface area (Å²) in [5.74, 6) is 0.625. The van der Waals surface area contributed by atoms with E-state index in [2.05, 4.69) is 11.4 Å². The van der Waals surface area contributed by atoms with Crippen LogP contribution in [0.2, 0.25) is 0 Å². The zero-order valence-electron chi connectivity index (χ0n) is 16.9. The van der Waals surface area contributed by atoms with Crippen LogP contribution in [-0.2, 0) is 9.59 Å². The van der Waals surface area contributed by atoms with Crippen LogP contribution >= 0.6 is 0 Å². The molecular formula is C22H28N4O3. The minimum absolute atomic E-state index is 0.00976. The zero-order chi connectivity index (χ0) is 20.4. The second kappa shape index (κ2) is 7.94. The molecule has 0 unspecified atom stereocenters. The summed E-state index contributed by atoms with van der Waals surface area (Å²) in [7, 11) is 0. The molecule has 2 amide bonds. The standard InChI is InChI=1S/C22H28N4O3/c1-22(15-23,16-9-10-16)24-20(27)14-26-13-19(21(28)25-11-5-2-6-12-25)29-18-8-4-3-7-17(18)26/h3-4,7-8,16,19H,2,5-6,9-14H2,1H3,(H,24,27)/t19-,22+/m1/s1. The molecule has 1 saturated carbocycles. The van der Waals surface area contributed by atoms with Crippen molar-refractivity contribution < 1.29 is 14.3 Å². The van der Waals surface area contributed by atoms with Crippen LogP contribution in [0.15, 0.2) is 24.3 Å². The van der Waals surface area contributed by atoms with Gasteiger partial charge in [0, 0.05) is 13.1 Å².